The zero-order valence-electron chi connectivity index (χ0n) is 23.8. The molecule has 45 heavy (non-hydrogen) atoms. The lowest BCUT2D eigenvalue weighted by molar-refractivity contribution is -0.145. The number of ketones is 1. The highest BCUT2D eigenvalue weighted by molar-refractivity contribution is 6.39. The summed E-state index contributed by atoms with van der Waals surface area (Å²) in [5.41, 5.74) is 6.08. The number of hydroxylamine groups is 1. The zero-order valence-corrected chi connectivity index (χ0v) is 25.3. The fourth-order valence-electron chi connectivity index (χ4n) is 5.23. The van der Waals surface area contributed by atoms with Gasteiger partial charge in [-0.05, 0) is 43.4 Å². The summed E-state index contributed by atoms with van der Waals surface area (Å²) >= 11 is 12.2. The second-order valence-electron chi connectivity index (χ2n) is 10.3. The monoisotopic (exact) mass is 675 g/mol. The first-order chi connectivity index (χ1) is 21.3. The molecule has 2 aromatic heterocycles. The minimum Gasteiger partial charge on any atom is -0.387 e. The summed E-state index contributed by atoms with van der Waals surface area (Å²) in [6, 6.07) is 1.67. The van der Waals surface area contributed by atoms with Crippen molar-refractivity contribution >= 4 is 40.7 Å². The average molecular weight is 676 g/mol. The number of rotatable bonds is 11. The third kappa shape index (κ3) is 8.34. The van der Waals surface area contributed by atoms with Crippen LogP contribution in [0.15, 0.2) is 41.8 Å². The molecule has 10 nitrogen and oxygen atoms in total. The summed E-state index contributed by atoms with van der Waals surface area (Å²) < 4.78 is 72.4. The van der Waals surface area contributed by atoms with Crippen molar-refractivity contribution in [2.45, 2.75) is 44.4 Å². The minimum atomic E-state index is -5.02. The molecule has 1 aliphatic rings. The van der Waals surface area contributed by atoms with Crippen LogP contribution in [-0.2, 0) is 17.6 Å². The highest BCUT2D eigenvalue weighted by Crippen LogP contribution is 2.39. The smallest absolute Gasteiger partial charge is 0.387 e. The molecule has 4 rings (SSSR count). The highest BCUT2D eigenvalue weighted by Gasteiger charge is 2.43. The SMILES string of the molecule is CONCN=C(N)C1CCC(n2ncc(C(=O)N(CC(=O)c3c(Cl)cncc3Cl)Cc3cc(F)cc(F)c3)c2C(F)(F)F)CC1. The Morgan fingerprint density at radius 3 is 2.29 bits per heavy atom. The number of hydrogen-bond donors (Lipinski definition) is 2. The molecule has 1 aliphatic carbocycles. The van der Waals surface area contributed by atoms with E-state index < -0.39 is 59.9 Å². The van der Waals surface area contributed by atoms with Gasteiger partial charge in [0.05, 0.1) is 52.9 Å². The molecule has 3 aromatic rings. The third-order valence-corrected chi connectivity index (χ3v) is 7.85. The van der Waals surface area contributed by atoms with Crippen molar-refractivity contribution in [2.24, 2.45) is 16.6 Å². The number of alkyl halides is 3. The second-order valence-corrected chi connectivity index (χ2v) is 11.1. The van der Waals surface area contributed by atoms with E-state index in [2.05, 4.69) is 20.6 Å². The van der Waals surface area contributed by atoms with E-state index in [-0.39, 0.29) is 46.6 Å². The summed E-state index contributed by atoms with van der Waals surface area (Å²) in [5.74, 6) is -3.87. The van der Waals surface area contributed by atoms with E-state index in [0.29, 0.717) is 24.7 Å². The van der Waals surface area contributed by atoms with E-state index in [4.69, 9.17) is 33.8 Å². The van der Waals surface area contributed by atoms with Gasteiger partial charge in [-0.3, -0.25) is 24.2 Å². The van der Waals surface area contributed by atoms with Crippen molar-refractivity contribution in [1.82, 2.24) is 25.1 Å². The van der Waals surface area contributed by atoms with Gasteiger partial charge in [-0.25, -0.2) is 8.78 Å². The second kappa shape index (κ2) is 14.6. The van der Waals surface area contributed by atoms with Gasteiger partial charge in [0.25, 0.3) is 5.91 Å². The van der Waals surface area contributed by atoms with Crippen LogP contribution in [0.25, 0.3) is 0 Å². The zero-order chi connectivity index (χ0) is 32.9. The van der Waals surface area contributed by atoms with Gasteiger partial charge in [0.15, 0.2) is 11.5 Å². The number of carbonyl (C=O) groups excluding carboxylic acids is 2. The Morgan fingerprint density at radius 2 is 1.71 bits per heavy atom. The first-order valence-corrected chi connectivity index (χ1v) is 14.3. The molecule has 0 radical (unpaired) electrons. The van der Waals surface area contributed by atoms with Crippen LogP contribution in [0.2, 0.25) is 10.0 Å². The maximum absolute atomic E-state index is 14.6. The van der Waals surface area contributed by atoms with Gasteiger partial charge in [0.2, 0.25) is 0 Å². The molecule has 1 amide bonds. The lowest BCUT2D eigenvalue weighted by Crippen LogP contribution is -2.37. The topological polar surface area (TPSA) is 128 Å². The number of amidine groups is 1. The van der Waals surface area contributed by atoms with Gasteiger partial charge in [0.1, 0.15) is 18.3 Å². The van der Waals surface area contributed by atoms with E-state index in [1.54, 1.807) is 0 Å². The maximum atomic E-state index is 14.6. The number of Topliss-reactive ketones (excluding diaryl/α,β-unsaturated/α-hetero) is 1. The van der Waals surface area contributed by atoms with Gasteiger partial charge < -0.3 is 15.5 Å². The quantitative estimate of drug-likeness (QED) is 0.0676. The molecular formula is C28H28Cl2F5N7O3. The van der Waals surface area contributed by atoms with Crippen molar-refractivity contribution in [1.29, 1.82) is 0 Å². The molecule has 1 aromatic carbocycles. The van der Waals surface area contributed by atoms with E-state index in [1.165, 1.54) is 7.11 Å². The molecule has 242 valence electrons. The normalized spacial score (nSPS) is 17.4. The Morgan fingerprint density at radius 1 is 1.09 bits per heavy atom. The lowest BCUT2D eigenvalue weighted by Gasteiger charge is -2.30. The fourth-order valence-corrected chi connectivity index (χ4v) is 5.81. The molecule has 17 heteroatoms. The van der Waals surface area contributed by atoms with Crippen molar-refractivity contribution in [3.05, 3.63) is 80.9 Å². The molecule has 0 atom stereocenters. The van der Waals surface area contributed by atoms with Gasteiger partial charge in [-0.1, -0.05) is 23.2 Å². The molecule has 1 saturated carbocycles. The number of benzene rings is 1. The Hall–Kier alpha value is -3.66. The molecule has 0 aliphatic heterocycles. The summed E-state index contributed by atoms with van der Waals surface area (Å²) in [4.78, 5) is 40.4. The van der Waals surface area contributed by atoms with Crippen LogP contribution in [0, 0.1) is 17.6 Å². The number of halogens is 7. The summed E-state index contributed by atoms with van der Waals surface area (Å²) in [6.07, 6.45) is -0.611. The van der Waals surface area contributed by atoms with E-state index in [9.17, 15) is 31.5 Å². The van der Waals surface area contributed by atoms with Gasteiger partial charge in [0, 0.05) is 30.9 Å². The number of hydrogen-bond acceptors (Lipinski definition) is 7. The van der Waals surface area contributed by atoms with Gasteiger partial charge in [-0.15, -0.1) is 0 Å². The van der Waals surface area contributed by atoms with Crippen LogP contribution in [0.3, 0.4) is 0 Å². The molecule has 1 fully saturated rings. The lowest BCUT2D eigenvalue weighted by atomic mass is 9.85. The molecule has 3 N–H and O–H groups in total. The Balaban J connectivity index is 1.66. The van der Waals surface area contributed by atoms with Gasteiger partial charge >= 0.3 is 6.18 Å². The number of nitrogens with two attached hydrogens (primary N) is 1. The predicted octanol–water partition coefficient (Wildman–Crippen LogP) is 5.60. The maximum Gasteiger partial charge on any atom is 0.433 e. The number of carbonyl (C=O) groups is 2. The largest absolute Gasteiger partial charge is 0.433 e. The van der Waals surface area contributed by atoms with Gasteiger partial charge in [-0.2, -0.15) is 23.8 Å². The number of nitrogens with zero attached hydrogens (tertiary/aromatic N) is 5. The van der Waals surface area contributed by atoms with Crippen molar-refractivity contribution in [3.63, 3.8) is 0 Å². The molecule has 0 spiro atoms. The summed E-state index contributed by atoms with van der Waals surface area (Å²) in [7, 11) is 1.42. The summed E-state index contributed by atoms with van der Waals surface area (Å²) in [5, 5.41) is 3.64. The number of amides is 1. The third-order valence-electron chi connectivity index (χ3n) is 7.28. The first kappa shape index (κ1) is 34.2. The number of nitrogens with one attached hydrogen (secondary N) is 1. The Kier molecular flexibility index (Phi) is 11.1. The Labute approximate surface area is 264 Å². The first-order valence-electron chi connectivity index (χ1n) is 13.6. The molecular weight excluding hydrogens is 648 g/mol. The molecule has 0 unspecified atom stereocenters. The minimum absolute atomic E-state index is 0.111. The van der Waals surface area contributed by atoms with Crippen LogP contribution in [0.1, 0.15) is 63.7 Å². The van der Waals surface area contributed by atoms with Crippen molar-refractivity contribution in [2.75, 3.05) is 20.3 Å². The van der Waals surface area contributed by atoms with E-state index in [1.807, 2.05) is 0 Å². The summed E-state index contributed by atoms with van der Waals surface area (Å²) in [6.45, 7) is -1.33. The highest BCUT2D eigenvalue weighted by atomic mass is 35.5. The molecule has 2 heterocycles. The standard InChI is InChI=1S/C28H28Cl2F5N7O3/c1-45-40-14-38-26(36)16-2-4-19(5-3-16)42-25(28(33,34)35)20(9-39-42)27(44)41(12-15-6-17(31)8-18(32)7-15)13-23(43)24-21(29)10-37-11-22(24)30/h6-11,16,19,40H,2-5,12-14H2,1H3,(H2,36,38). The molecule has 0 saturated heterocycles. The predicted molar refractivity (Wildman–Crippen MR) is 155 cm³/mol. The van der Waals surface area contributed by atoms with E-state index >= 15 is 0 Å². The van der Waals surface area contributed by atoms with Crippen LogP contribution in [-0.4, -0.2) is 57.5 Å². The van der Waals surface area contributed by atoms with Crippen molar-refractivity contribution < 1.29 is 36.4 Å². The number of aromatic nitrogens is 3. The fraction of sp³-hybridized carbons (Fsp3) is 0.393. The van der Waals surface area contributed by atoms with Crippen LogP contribution < -0.4 is 11.2 Å². The van der Waals surface area contributed by atoms with Crippen molar-refractivity contribution in [3.8, 4) is 0 Å². The van der Waals surface area contributed by atoms with Crippen LogP contribution in [0.4, 0.5) is 22.0 Å². The Bertz CT molecular complexity index is 1540. The number of pyridine rings is 1. The number of aliphatic imine (C=N–C) groups is 1. The van der Waals surface area contributed by atoms with E-state index in [0.717, 1.165) is 40.3 Å². The van der Waals surface area contributed by atoms with Crippen LogP contribution >= 0.6 is 23.2 Å². The molecule has 0 bridgehead atoms. The average Bonchev–Trinajstić information content (AvgIpc) is 3.42. The van der Waals surface area contributed by atoms with Crippen LogP contribution in [0.5, 0.6) is 0 Å².